The second-order valence-electron chi connectivity index (χ2n) is 7.20. The number of amides is 1. The van der Waals surface area contributed by atoms with Crippen molar-refractivity contribution in [1.29, 1.82) is 0 Å². The Bertz CT molecular complexity index is 1060. The lowest BCUT2D eigenvalue weighted by Gasteiger charge is -2.16. The summed E-state index contributed by atoms with van der Waals surface area (Å²) < 4.78 is 3.15. The van der Waals surface area contributed by atoms with Gasteiger partial charge in [-0.3, -0.25) is 9.59 Å². The molecule has 0 aliphatic heterocycles. The third-order valence-electron chi connectivity index (χ3n) is 5.25. The van der Waals surface area contributed by atoms with Crippen LogP contribution < -0.4 is 10.9 Å². The molecule has 1 saturated carbocycles. The van der Waals surface area contributed by atoms with Crippen molar-refractivity contribution in [3.05, 3.63) is 52.1 Å². The molecule has 1 fully saturated rings. The zero-order valence-electron chi connectivity index (χ0n) is 15.6. The molecule has 0 saturated heterocycles. The first-order valence-corrected chi connectivity index (χ1v) is 9.35. The Kier molecular flexibility index (Phi) is 4.51. The van der Waals surface area contributed by atoms with Crippen LogP contribution in [0.15, 0.2) is 35.3 Å². The fraction of sp³-hybridized carbons (Fsp3) is 0.400. The van der Waals surface area contributed by atoms with Crippen molar-refractivity contribution in [2.75, 3.05) is 5.32 Å². The molecule has 2 aromatic heterocycles. The average molecular weight is 365 g/mol. The lowest BCUT2D eigenvalue weighted by molar-refractivity contribution is -0.117. The topological polar surface area (TPSA) is 81.8 Å². The molecule has 1 amide bonds. The van der Waals surface area contributed by atoms with E-state index in [1.807, 2.05) is 36.7 Å². The second kappa shape index (κ2) is 6.98. The van der Waals surface area contributed by atoms with Crippen LogP contribution in [0.25, 0.3) is 10.8 Å². The van der Waals surface area contributed by atoms with Gasteiger partial charge in [-0.1, -0.05) is 31.0 Å². The Balaban J connectivity index is 1.59. The summed E-state index contributed by atoms with van der Waals surface area (Å²) in [6.07, 6.45) is 6.31. The minimum Gasteiger partial charge on any atom is -0.309 e. The minimum absolute atomic E-state index is 0.125. The van der Waals surface area contributed by atoms with E-state index in [1.54, 1.807) is 12.3 Å². The lowest BCUT2D eigenvalue weighted by atomic mass is 10.1. The molecular weight excluding hydrogens is 342 g/mol. The number of hydrogen-bond acceptors (Lipinski definition) is 4. The molecule has 1 aliphatic rings. The summed E-state index contributed by atoms with van der Waals surface area (Å²) in [6.45, 7) is 3.65. The summed E-state index contributed by atoms with van der Waals surface area (Å²) in [4.78, 5) is 25.3. The lowest BCUT2D eigenvalue weighted by Crippen LogP contribution is -2.31. The monoisotopic (exact) mass is 365 g/mol. The van der Waals surface area contributed by atoms with E-state index in [0.29, 0.717) is 11.4 Å². The third-order valence-corrected chi connectivity index (χ3v) is 5.25. The molecule has 0 unspecified atom stereocenters. The number of nitrogens with one attached hydrogen (secondary N) is 1. The molecular formula is C20H23N5O2. The number of rotatable bonds is 4. The van der Waals surface area contributed by atoms with Crippen LogP contribution in [0.2, 0.25) is 0 Å². The summed E-state index contributed by atoms with van der Waals surface area (Å²) in [5.74, 6) is 0.444. The molecule has 140 valence electrons. The van der Waals surface area contributed by atoms with Gasteiger partial charge in [0.15, 0.2) is 0 Å². The van der Waals surface area contributed by atoms with Gasteiger partial charge in [0.2, 0.25) is 5.91 Å². The summed E-state index contributed by atoms with van der Waals surface area (Å²) in [5, 5.41) is 13.1. The molecule has 0 spiro atoms. The number of benzene rings is 1. The molecule has 0 atom stereocenters. The number of carbonyl (C=O) groups excluding carboxylic acids is 1. The van der Waals surface area contributed by atoms with Crippen LogP contribution in [0.4, 0.5) is 5.82 Å². The van der Waals surface area contributed by atoms with Gasteiger partial charge in [-0.2, -0.15) is 10.2 Å². The molecule has 7 nitrogen and oxygen atoms in total. The SMILES string of the molecule is Cc1cnn(C2CCCC2)c1NC(=O)Cn1nc(C)c2ccccc2c1=O. The maximum atomic E-state index is 12.7. The van der Waals surface area contributed by atoms with Gasteiger partial charge in [0.25, 0.3) is 5.56 Å². The van der Waals surface area contributed by atoms with Gasteiger partial charge in [0.1, 0.15) is 12.4 Å². The summed E-state index contributed by atoms with van der Waals surface area (Å²) in [6, 6.07) is 7.66. The molecule has 3 aromatic rings. The van der Waals surface area contributed by atoms with Crippen molar-refractivity contribution in [2.45, 2.75) is 52.1 Å². The first-order valence-electron chi connectivity index (χ1n) is 9.35. The predicted octanol–water partition coefficient (Wildman–Crippen LogP) is 2.96. The van der Waals surface area contributed by atoms with Gasteiger partial charge in [-0.05, 0) is 32.8 Å². The Morgan fingerprint density at radius 2 is 1.89 bits per heavy atom. The highest BCUT2D eigenvalue weighted by molar-refractivity contribution is 5.90. The quantitative estimate of drug-likeness (QED) is 0.771. The molecule has 1 aromatic carbocycles. The highest BCUT2D eigenvalue weighted by Crippen LogP contribution is 2.32. The summed E-state index contributed by atoms with van der Waals surface area (Å²) in [7, 11) is 0. The number of carbonyl (C=O) groups is 1. The molecule has 4 rings (SSSR count). The standard InChI is InChI=1S/C20H23N5O2/c1-13-11-21-25(15-7-3-4-8-15)19(13)22-18(26)12-24-20(27)17-10-6-5-9-16(17)14(2)23-24/h5-6,9-11,15H,3-4,7-8,12H2,1-2H3,(H,22,26). The highest BCUT2D eigenvalue weighted by Gasteiger charge is 2.22. The van der Waals surface area contributed by atoms with Crippen LogP contribution in [-0.2, 0) is 11.3 Å². The van der Waals surface area contributed by atoms with Gasteiger partial charge in [0.05, 0.1) is 23.3 Å². The van der Waals surface area contributed by atoms with Crippen LogP contribution in [-0.4, -0.2) is 25.5 Å². The number of fused-ring (bicyclic) bond motifs is 1. The van der Waals surface area contributed by atoms with E-state index in [2.05, 4.69) is 15.5 Å². The Morgan fingerprint density at radius 3 is 2.63 bits per heavy atom. The summed E-state index contributed by atoms with van der Waals surface area (Å²) in [5.41, 5.74) is 1.39. The molecule has 27 heavy (non-hydrogen) atoms. The zero-order valence-corrected chi connectivity index (χ0v) is 15.6. The Morgan fingerprint density at radius 1 is 1.19 bits per heavy atom. The van der Waals surface area contributed by atoms with Crippen molar-refractivity contribution >= 4 is 22.5 Å². The first kappa shape index (κ1) is 17.5. The zero-order chi connectivity index (χ0) is 19.0. The maximum absolute atomic E-state index is 12.7. The number of nitrogens with zero attached hydrogens (tertiary/aromatic N) is 4. The molecule has 7 heteroatoms. The van der Waals surface area contributed by atoms with Crippen LogP contribution >= 0.6 is 0 Å². The van der Waals surface area contributed by atoms with Crippen LogP contribution in [0.3, 0.4) is 0 Å². The van der Waals surface area contributed by atoms with Gasteiger partial charge in [0, 0.05) is 10.9 Å². The number of anilines is 1. The fourth-order valence-corrected chi connectivity index (χ4v) is 3.85. The van der Waals surface area contributed by atoms with E-state index in [-0.39, 0.29) is 18.0 Å². The average Bonchev–Trinajstić information content (AvgIpc) is 3.30. The van der Waals surface area contributed by atoms with Crippen molar-refractivity contribution < 1.29 is 4.79 Å². The molecule has 0 radical (unpaired) electrons. The van der Waals surface area contributed by atoms with Crippen molar-refractivity contribution in [3.8, 4) is 0 Å². The van der Waals surface area contributed by atoms with Gasteiger partial charge < -0.3 is 5.32 Å². The van der Waals surface area contributed by atoms with Crippen LogP contribution in [0, 0.1) is 13.8 Å². The van der Waals surface area contributed by atoms with Crippen molar-refractivity contribution in [1.82, 2.24) is 19.6 Å². The molecule has 0 bridgehead atoms. The first-order chi connectivity index (χ1) is 13.0. The molecule has 1 N–H and O–H groups in total. The van der Waals surface area contributed by atoms with Crippen LogP contribution in [0.5, 0.6) is 0 Å². The highest BCUT2D eigenvalue weighted by atomic mass is 16.2. The smallest absolute Gasteiger partial charge is 0.275 e. The van der Waals surface area contributed by atoms with E-state index >= 15 is 0 Å². The van der Waals surface area contributed by atoms with Crippen LogP contribution in [0.1, 0.15) is 43.0 Å². The normalized spacial score (nSPS) is 14.7. The molecule has 2 heterocycles. The van der Waals surface area contributed by atoms with E-state index < -0.39 is 0 Å². The number of hydrogen-bond donors (Lipinski definition) is 1. The van der Waals surface area contributed by atoms with Gasteiger partial charge in [-0.25, -0.2) is 9.36 Å². The molecule has 1 aliphatic carbocycles. The van der Waals surface area contributed by atoms with Crippen molar-refractivity contribution in [2.24, 2.45) is 0 Å². The van der Waals surface area contributed by atoms with Crippen molar-refractivity contribution in [3.63, 3.8) is 0 Å². The van der Waals surface area contributed by atoms with E-state index in [1.165, 1.54) is 17.5 Å². The van der Waals surface area contributed by atoms with E-state index in [0.717, 1.165) is 35.3 Å². The predicted molar refractivity (Wildman–Crippen MR) is 104 cm³/mol. The minimum atomic E-state index is -0.276. The Labute approximate surface area is 157 Å². The van der Waals surface area contributed by atoms with Gasteiger partial charge >= 0.3 is 0 Å². The Hall–Kier alpha value is -2.96. The van der Waals surface area contributed by atoms with Gasteiger partial charge in [-0.15, -0.1) is 0 Å². The van der Waals surface area contributed by atoms with E-state index in [9.17, 15) is 9.59 Å². The second-order valence-corrected chi connectivity index (χ2v) is 7.20. The third kappa shape index (κ3) is 3.25. The maximum Gasteiger partial charge on any atom is 0.275 e. The number of aryl methyl sites for hydroxylation is 2. The number of aromatic nitrogens is 4. The largest absolute Gasteiger partial charge is 0.309 e. The fourth-order valence-electron chi connectivity index (χ4n) is 3.85. The van der Waals surface area contributed by atoms with E-state index in [4.69, 9.17) is 0 Å². The summed E-state index contributed by atoms with van der Waals surface area (Å²) >= 11 is 0.